The molecule has 0 rings (SSSR count). The van der Waals surface area contributed by atoms with Crippen molar-refractivity contribution in [2.24, 2.45) is 10.7 Å². The van der Waals surface area contributed by atoms with Crippen LogP contribution < -0.4 is 5.73 Å². The topological polar surface area (TPSA) is 71.4 Å². The van der Waals surface area contributed by atoms with Crippen LogP contribution in [0.15, 0.2) is 16.8 Å². The second-order valence-corrected chi connectivity index (χ2v) is 1.64. The van der Waals surface area contributed by atoms with Gasteiger partial charge >= 0.3 is 0 Å². The van der Waals surface area contributed by atoms with E-state index in [0.29, 0.717) is 5.70 Å². The van der Waals surface area contributed by atoms with Crippen molar-refractivity contribution in [3.05, 3.63) is 11.8 Å². The Morgan fingerprint density at radius 3 is 2.70 bits per heavy atom. The molecule has 0 fully saturated rings. The lowest BCUT2D eigenvalue weighted by Gasteiger charge is -1.94. The number of aliphatic imine (C=N–C) groups is 1. The van der Waals surface area contributed by atoms with Gasteiger partial charge in [-0.05, 0) is 6.92 Å². The predicted octanol–water partition coefficient (Wildman–Crippen LogP) is 0.375. The average molecular weight is 139 g/mol. The molecule has 0 amide bonds. The quantitative estimate of drug-likeness (QED) is 0.324. The molecule has 0 aliphatic heterocycles. The van der Waals surface area contributed by atoms with Crippen LogP contribution in [0.1, 0.15) is 6.92 Å². The number of nitrogens with zero attached hydrogens (tertiary/aromatic N) is 2. The van der Waals surface area contributed by atoms with Crippen LogP contribution in [0.25, 0.3) is 0 Å². The molecular formula is C6H9N3O. The highest BCUT2D eigenvalue weighted by Gasteiger charge is 1.90. The van der Waals surface area contributed by atoms with Crippen molar-refractivity contribution in [1.82, 2.24) is 0 Å². The standard InChI is InChI=1S/C6H9N3O/c1-5(8)3-6(10-2)9-4-7/h3H,8H2,1-2H3/b5-3-,9-6?. The maximum atomic E-state index is 8.09. The third-order valence-corrected chi connectivity index (χ3v) is 0.720. The summed E-state index contributed by atoms with van der Waals surface area (Å²) in [6.07, 6.45) is 3.06. The van der Waals surface area contributed by atoms with E-state index in [1.165, 1.54) is 13.2 Å². The van der Waals surface area contributed by atoms with Gasteiger partial charge in [-0.1, -0.05) is 0 Å². The average Bonchev–Trinajstić information content (AvgIpc) is 1.86. The maximum absolute atomic E-state index is 8.09. The first-order chi connectivity index (χ1) is 4.70. The summed E-state index contributed by atoms with van der Waals surface area (Å²) < 4.78 is 4.67. The Hall–Kier alpha value is -1.50. The highest BCUT2D eigenvalue weighted by Crippen LogP contribution is 1.86. The van der Waals surface area contributed by atoms with Crippen molar-refractivity contribution in [2.75, 3.05) is 7.11 Å². The molecular weight excluding hydrogens is 130 g/mol. The zero-order valence-electron chi connectivity index (χ0n) is 5.96. The molecule has 0 saturated heterocycles. The first-order valence-corrected chi connectivity index (χ1v) is 2.65. The number of nitriles is 1. The highest BCUT2D eigenvalue weighted by atomic mass is 16.5. The fraction of sp³-hybridized carbons (Fsp3) is 0.333. The third kappa shape index (κ3) is 3.50. The van der Waals surface area contributed by atoms with Crippen LogP contribution in [0.2, 0.25) is 0 Å². The largest absolute Gasteiger partial charge is 0.480 e. The normalized spacial score (nSPS) is 12.5. The predicted molar refractivity (Wildman–Crippen MR) is 38.0 cm³/mol. The minimum absolute atomic E-state index is 0.225. The molecule has 0 atom stereocenters. The minimum Gasteiger partial charge on any atom is -0.480 e. The Bertz CT molecular complexity index is 196. The molecule has 54 valence electrons. The number of hydrogen-bond acceptors (Lipinski definition) is 4. The van der Waals surface area contributed by atoms with Crippen LogP contribution in [0.4, 0.5) is 0 Å². The monoisotopic (exact) mass is 139 g/mol. The van der Waals surface area contributed by atoms with Gasteiger partial charge in [0.25, 0.3) is 0 Å². The van der Waals surface area contributed by atoms with Crippen molar-refractivity contribution < 1.29 is 4.74 Å². The molecule has 2 N–H and O–H groups in total. The summed E-state index contributed by atoms with van der Waals surface area (Å²) >= 11 is 0. The molecule has 0 radical (unpaired) electrons. The summed E-state index contributed by atoms with van der Waals surface area (Å²) in [5, 5.41) is 8.09. The zero-order valence-corrected chi connectivity index (χ0v) is 5.96. The number of allylic oxidation sites excluding steroid dienone is 1. The fourth-order valence-electron chi connectivity index (χ4n) is 0.381. The second-order valence-electron chi connectivity index (χ2n) is 1.64. The molecule has 0 heterocycles. The highest BCUT2D eigenvalue weighted by molar-refractivity contribution is 5.88. The van der Waals surface area contributed by atoms with E-state index in [4.69, 9.17) is 11.0 Å². The van der Waals surface area contributed by atoms with Crippen molar-refractivity contribution >= 4 is 5.90 Å². The van der Waals surface area contributed by atoms with E-state index in [-0.39, 0.29) is 5.90 Å². The van der Waals surface area contributed by atoms with E-state index in [0.717, 1.165) is 0 Å². The van der Waals surface area contributed by atoms with Crippen LogP contribution in [0.5, 0.6) is 0 Å². The van der Waals surface area contributed by atoms with Crippen molar-refractivity contribution in [3.8, 4) is 6.19 Å². The molecule has 0 aliphatic carbocycles. The first-order valence-electron chi connectivity index (χ1n) is 2.65. The van der Waals surface area contributed by atoms with Crippen LogP contribution in [-0.4, -0.2) is 13.0 Å². The number of rotatable bonds is 1. The van der Waals surface area contributed by atoms with Gasteiger partial charge < -0.3 is 10.5 Å². The first kappa shape index (κ1) is 8.50. The lowest BCUT2D eigenvalue weighted by atomic mass is 10.4. The van der Waals surface area contributed by atoms with Crippen molar-refractivity contribution in [1.29, 1.82) is 5.26 Å². The fourth-order valence-corrected chi connectivity index (χ4v) is 0.381. The van der Waals surface area contributed by atoms with Crippen LogP contribution in [0, 0.1) is 11.5 Å². The third-order valence-electron chi connectivity index (χ3n) is 0.720. The summed E-state index contributed by atoms with van der Waals surface area (Å²) in [7, 11) is 1.43. The Kier molecular flexibility index (Phi) is 3.73. The van der Waals surface area contributed by atoms with Gasteiger partial charge in [0.15, 0.2) is 0 Å². The van der Waals surface area contributed by atoms with Crippen LogP contribution in [-0.2, 0) is 4.74 Å². The summed E-state index contributed by atoms with van der Waals surface area (Å²) in [4.78, 5) is 3.33. The van der Waals surface area contributed by atoms with Gasteiger partial charge in [-0.15, -0.1) is 4.99 Å². The number of nitrogens with two attached hydrogens (primary N) is 1. The van der Waals surface area contributed by atoms with Gasteiger partial charge in [0.05, 0.1) is 7.11 Å². The van der Waals surface area contributed by atoms with Gasteiger partial charge in [0, 0.05) is 11.8 Å². The van der Waals surface area contributed by atoms with E-state index in [2.05, 4.69) is 9.73 Å². The smallest absolute Gasteiger partial charge is 0.225 e. The maximum Gasteiger partial charge on any atom is 0.225 e. The summed E-state index contributed by atoms with van der Waals surface area (Å²) in [6, 6.07) is 0. The van der Waals surface area contributed by atoms with Crippen molar-refractivity contribution in [3.63, 3.8) is 0 Å². The van der Waals surface area contributed by atoms with Gasteiger partial charge in [-0.2, -0.15) is 5.26 Å². The summed E-state index contributed by atoms with van der Waals surface area (Å²) in [5.41, 5.74) is 5.84. The van der Waals surface area contributed by atoms with Gasteiger partial charge in [0.2, 0.25) is 12.1 Å². The molecule has 0 aromatic rings. The Morgan fingerprint density at radius 2 is 2.40 bits per heavy atom. The Labute approximate surface area is 59.6 Å². The molecule has 0 bridgehead atoms. The SMILES string of the molecule is COC(/C=C(/C)N)=NC#N. The van der Waals surface area contributed by atoms with Gasteiger partial charge in [0.1, 0.15) is 0 Å². The lowest BCUT2D eigenvalue weighted by Crippen LogP contribution is -2.00. The number of ether oxygens (including phenoxy) is 1. The van der Waals surface area contributed by atoms with Gasteiger partial charge in [-0.25, -0.2) is 0 Å². The van der Waals surface area contributed by atoms with Crippen LogP contribution >= 0.6 is 0 Å². The van der Waals surface area contributed by atoms with Gasteiger partial charge in [-0.3, -0.25) is 0 Å². The van der Waals surface area contributed by atoms with Crippen LogP contribution in [0.3, 0.4) is 0 Å². The second kappa shape index (κ2) is 4.39. The van der Waals surface area contributed by atoms with E-state index in [1.54, 1.807) is 13.1 Å². The van der Waals surface area contributed by atoms with E-state index in [9.17, 15) is 0 Å². The summed E-state index contributed by atoms with van der Waals surface area (Å²) in [6.45, 7) is 1.69. The Balaban J connectivity index is 4.27. The zero-order chi connectivity index (χ0) is 7.98. The molecule has 4 nitrogen and oxygen atoms in total. The molecule has 4 heteroatoms. The van der Waals surface area contributed by atoms with E-state index in [1.807, 2.05) is 0 Å². The minimum atomic E-state index is 0.225. The van der Waals surface area contributed by atoms with Crippen molar-refractivity contribution in [2.45, 2.75) is 6.92 Å². The molecule has 0 aromatic carbocycles. The van der Waals surface area contributed by atoms with E-state index < -0.39 is 0 Å². The molecule has 0 saturated carbocycles. The summed E-state index contributed by atoms with van der Waals surface area (Å²) in [5.74, 6) is 0.225. The molecule has 0 unspecified atom stereocenters. The molecule has 0 spiro atoms. The number of hydrogen-bond donors (Lipinski definition) is 1. The molecule has 0 aromatic heterocycles. The number of methoxy groups -OCH3 is 1. The lowest BCUT2D eigenvalue weighted by molar-refractivity contribution is 0.407. The Morgan fingerprint density at radius 1 is 1.80 bits per heavy atom. The van der Waals surface area contributed by atoms with E-state index >= 15 is 0 Å². The molecule has 0 aliphatic rings. The molecule has 10 heavy (non-hydrogen) atoms.